The molecular formula is C17H19N5O6S. The van der Waals surface area contributed by atoms with Crippen LogP contribution in [0.1, 0.15) is 24.1 Å². The van der Waals surface area contributed by atoms with Crippen LogP contribution in [-0.4, -0.2) is 58.8 Å². The Bertz CT molecular complexity index is 1050. The van der Waals surface area contributed by atoms with Crippen molar-refractivity contribution in [1.29, 1.82) is 0 Å². The minimum atomic E-state index is -4.17. The molecule has 3 amide bonds. The van der Waals surface area contributed by atoms with Gasteiger partial charge in [-0.25, -0.2) is 22.2 Å². The van der Waals surface area contributed by atoms with Gasteiger partial charge in [-0.1, -0.05) is 22.9 Å². The Labute approximate surface area is 166 Å². The molecule has 2 aromatic rings. The summed E-state index contributed by atoms with van der Waals surface area (Å²) in [5.41, 5.74) is 0.988. The normalized spacial score (nSPS) is 17.2. The van der Waals surface area contributed by atoms with Gasteiger partial charge in [0.05, 0.1) is 23.7 Å². The molecule has 1 saturated heterocycles. The summed E-state index contributed by atoms with van der Waals surface area (Å²) in [6, 6.07) is 4.96. The van der Waals surface area contributed by atoms with Crippen molar-refractivity contribution in [2.24, 2.45) is 0 Å². The summed E-state index contributed by atoms with van der Waals surface area (Å²) >= 11 is 0. The molecule has 0 radical (unpaired) electrons. The number of amides is 3. The quantitative estimate of drug-likeness (QED) is 0.651. The first-order valence-corrected chi connectivity index (χ1v) is 10.2. The molecule has 0 bridgehead atoms. The van der Waals surface area contributed by atoms with Crippen LogP contribution < -0.4 is 5.32 Å². The van der Waals surface area contributed by atoms with Crippen LogP contribution in [-0.2, 0) is 30.9 Å². The van der Waals surface area contributed by atoms with Gasteiger partial charge in [-0.05, 0) is 26.0 Å². The number of ether oxygens (including phenoxy) is 1. The van der Waals surface area contributed by atoms with Crippen molar-refractivity contribution in [3.05, 3.63) is 41.7 Å². The van der Waals surface area contributed by atoms with Crippen LogP contribution in [0.5, 0.6) is 0 Å². The summed E-state index contributed by atoms with van der Waals surface area (Å²) in [6.07, 6.45) is 1.34. The zero-order chi connectivity index (χ0) is 21.2. The van der Waals surface area contributed by atoms with Gasteiger partial charge < -0.3 is 4.74 Å². The average molecular weight is 421 g/mol. The van der Waals surface area contributed by atoms with Gasteiger partial charge in [-0.2, -0.15) is 0 Å². The van der Waals surface area contributed by atoms with Gasteiger partial charge in [0.1, 0.15) is 12.5 Å². The van der Waals surface area contributed by atoms with E-state index in [1.54, 1.807) is 26.0 Å². The number of carbonyl (C=O) groups excluding carboxylic acids is 3. The zero-order valence-electron chi connectivity index (χ0n) is 15.7. The monoisotopic (exact) mass is 421 g/mol. The molecule has 154 valence electrons. The lowest BCUT2D eigenvalue weighted by Crippen LogP contribution is -2.55. The summed E-state index contributed by atoms with van der Waals surface area (Å²) in [4.78, 5) is 35.9. The number of hydrogen-bond acceptors (Lipinski definition) is 8. The van der Waals surface area contributed by atoms with Crippen molar-refractivity contribution in [2.75, 3.05) is 13.2 Å². The van der Waals surface area contributed by atoms with Crippen molar-refractivity contribution in [3.8, 4) is 0 Å². The summed E-state index contributed by atoms with van der Waals surface area (Å²) in [6.45, 7) is 3.03. The van der Waals surface area contributed by atoms with Crippen molar-refractivity contribution >= 4 is 27.9 Å². The fraction of sp³-hybridized carbons (Fsp3) is 0.353. The number of urea groups is 1. The lowest BCUT2D eigenvalue weighted by Gasteiger charge is -2.30. The highest BCUT2D eigenvalue weighted by molar-refractivity contribution is 7.89. The highest BCUT2D eigenvalue weighted by atomic mass is 32.2. The number of benzene rings is 1. The summed E-state index contributed by atoms with van der Waals surface area (Å²) in [7, 11) is -4.17. The lowest BCUT2D eigenvalue weighted by molar-refractivity contribution is -0.144. The fourth-order valence-electron chi connectivity index (χ4n) is 2.75. The smallest absolute Gasteiger partial charge is 0.338 e. The van der Waals surface area contributed by atoms with Crippen molar-refractivity contribution in [1.82, 2.24) is 24.6 Å². The minimum absolute atomic E-state index is 0.0719. The van der Waals surface area contributed by atoms with Crippen molar-refractivity contribution < 1.29 is 27.5 Å². The molecule has 1 N–H and O–H groups in total. The average Bonchev–Trinajstić information content (AvgIpc) is 3.10. The lowest BCUT2D eigenvalue weighted by atomic mass is 10.0. The number of imide groups is 1. The molecule has 0 aliphatic carbocycles. The number of nitrogens with one attached hydrogen (secondary N) is 1. The van der Waals surface area contributed by atoms with Crippen LogP contribution in [0.25, 0.3) is 0 Å². The van der Waals surface area contributed by atoms with E-state index in [2.05, 4.69) is 10.3 Å². The summed E-state index contributed by atoms with van der Waals surface area (Å²) < 4.78 is 32.3. The first-order valence-electron chi connectivity index (χ1n) is 8.72. The van der Waals surface area contributed by atoms with Gasteiger partial charge in [0.15, 0.2) is 0 Å². The molecule has 3 rings (SSSR count). The second-order valence-electron chi connectivity index (χ2n) is 6.34. The Balaban J connectivity index is 1.84. The van der Waals surface area contributed by atoms with Gasteiger partial charge in [-0.15, -0.1) is 5.10 Å². The molecule has 0 spiro atoms. The maximum absolute atomic E-state index is 12.9. The van der Waals surface area contributed by atoms with Crippen LogP contribution >= 0.6 is 0 Å². The van der Waals surface area contributed by atoms with Gasteiger partial charge in [0.25, 0.3) is 10.0 Å². The summed E-state index contributed by atoms with van der Waals surface area (Å²) in [5, 5.41) is 9.63. The van der Waals surface area contributed by atoms with E-state index in [0.29, 0.717) is 4.31 Å². The first-order chi connectivity index (χ1) is 13.7. The number of aryl methyl sites for hydroxylation is 1. The van der Waals surface area contributed by atoms with Crippen molar-refractivity contribution in [2.45, 2.75) is 31.2 Å². The van der Waals surface area contributed by atoms with Crippen molar-refractivity contribution in [3.63, 3.8) is 0 Å². The second-order valence-corrected chi connectivity index (χ2v) is 8.20. The SMILES string of the molecule is CCOC(=O)Cn1cc(C2CN(S(=O)(=O)c3ccc(C)cc3)C(=O)NC2=O)nn1. The molecule has 1 fully saturated rings. The zero-order valence-corrected chi connectivity index (χ0v) is 16.5. The first kappa shape index (κ1) is 20.5. The molecule has 1 aliphatic rings. The van der Waals surface area contributed by atoms with Gasteiger partial charge in [-0.3, -0.25) is 14.9 Å². The van der Waals surface area contributed by atoms with Crippen LogP contribution in [0.4, 0.5) is 4.79 Å². The molecule has 1 aromatic heterocycles. The van der Waals surface area contributed by atoms with Crippen LogP contribution in [0.3, 0.4) is 0 Å². The topological polar surface area (TPSA) is 141 Å². The third-order valence-corrected chi connectivity index (χ3v) is 6.00. The Morgan fingerprint density at radius 2 is 1.97 bits per heavy atom. The minimum Gasteiger partial charge on any atom is -0.465 e. The number of esters is 1. The van der Waals surface area contributed by atoms with Crippen LogP contribution in [0.15, 0.2) is 35.4 Å². The van der Waals surface area contributed by atoms with E-state index in [4.69, 9.17) is 4.74 Å². The van der Waals surface area contributed by atoms with E-state index in [1.165, 1.54) is 23.0 Å². The third-order valence-electron chi connectivity index (χ3n) is 4.24. The molecule has 1 atom stereocenters. The highest BCUT2D eigenvalue weighted by Gasteiger charge is 2.41. The molecule has 0 saturated carbocycles. The Morgan fingerprint density at radius 1 is 1.28 bits per heavy atom. The standard InChI is InChI=1S/C17H19N5O6S/c1-3-28-15(23)10-21-9-14(19-20-21)13-8-22(17(25)18-16(13)24)29(26,27)12-6-4-11(2)5-7-12/h4-7,9,13H,3,8,10H2,1-2H3,(H,18,24,25). The van der Waals surface area contributed by atoms with Crippen LogP contribution in [0.2, 0.25) is 0 Å². The van der Waals surface area contributed by atoms with E-state index >= 15 is 0 Å². The second kappa shape index (κ2) is 7.99. The van der Waals surface area contributed by atoms with E-state index in [1.807, 2.05) is 5.32 Å². The molecule has 1 aliphatic heterocycles. The molecule has 29 heavy (non-hydrogen) atoms. The molecule has 2 heterocycles. The third kappa shape index (κ3) is 4.26. The molecule has 11 nitrogen and oxygen atoms in total. The Hall–Kier alpha value is -3.28. The number of aromatic nitrogens is 3. The van der Waals surface area contributed by atoms with E-state index in [0.717, 1.165) is 5.56 Å². The van der Waals surface area contributed by atoms with Gasteiger partial charge in [0.2, 0.25) is 5.91 Å². The predicted octanol–water partition coefficient (Wildman–Crippen LogP) is 0.174. The molecule has 12 heteroatoms. The van der Waals surface area contributed by atoms with Gasteiger partial charge >= 0.3 is 12.0 Å². The predicted molar refractivity (Wildman–Crippen MR) is 98.0 cm³/mol. The maximum Gasteiger partial charge on any atom is 0.338 e. The number of nitrogens with zero attached hydrogens (tertiary/aromatic N) is 4. The fourth-order valence-corrected chi connectivity index (χ4v) is 4.09. The van der Waals surface area contributed by atoms with E-state index in [-0.39, 0.29) is 23.7 Å². The maximum atomic E-state index is 12.9. The van der Waals surface area contributed by atoms with E-state index < -0.39 is 40.4 Å². The largest absolute Gasteiger partial charge is 0.465 e. The van der Waals surface area contributed by atoms with Gasteiger partial charge in [0, 0.05) is 6.20 Å². The van der Waals surface area contributed by atoms with E-state index in [9.17, 15) is 22.8 Å². The van der Waals surface area contributed by atoms with Crippen LogP contribution in [0, 0.1) is 6.92 Å². The summed E-state index contributed by atoms with van der Waals surface area (Å²) in [5.74, 6) is -2.30. The number of carbonyl (C=O) groups is 3. The number of rotatable bonds is 6. The Kier molecular flexibility index (Phi) is 5.64. The number of hydrogen-bond donors (Lipinski definition) is 1. The molecular weight excluding hydrogens is 402 g/mol. The Morgan fingerprint density at radius 3 is 2.62 bits per heavy atom. The highest BCUT2D eigenvalue weighted by Crippen LogP contribution is 2.25. The molecule has 1 aromatic carbocycles. The molecule has 1 unspecified atom stereocenters. The number of sulfonamides is 1.